The lowest BCUT2D eigenvalue weighted by atomic mass is 9.95. The van der Waals surface area contributed by atoms with Gasteiger partial charge in [-0.05, 0) is 220 Å². The van der Waals surface area contributed by atoms with Gasteiger partial charge < -0.3 is 0 Å². The van der Waals surface area contributed by atoms with Gasteiger partial charge in [0.1, 0.15) is 0 Å². The average Bonchev–Trinajstić information content (AvgIpc) is 1.55. The molecule has 0 saturated carbocycles. The second kappa shape index (κ2) is 38.8. The molecule has 15 rings (SSSR count). The summed E-state index contributed by atoms with van der Waals surface area (Å²) in [5.74, 6) is 0.626. The van der Waals surface area contributed by atoms with E-state index in [1.807, 2.05) is 81.8 Å². The first-order valence-corrected chi connectivity index (χ1v) is 51.7. The lowest BCUT2D eigenvalue weighted by Crippen LogP contribution is -2.01. The Labute approximate surface area is 729 Å². The first-order valence-electron chi connectivity index (χ1n) is 43.5. The Kier molecular flexibility index (Phi) is 28.2. The molecule has 10 aromatic heterocycles. The maximum atomic E-state index is 13.8. The van der Waals surface area contributed by atoms with Crippen molar-refractivity contribution in [3.8, 4) is 79.4 Å². The van der Waals surface area contributed by atoms with Crippen molar-refractivity contribution in [1.29, 1.82) is 0 Å². The predicted octanol–water partition coefficient (Wildman–Crippen LogP) is 34.4. The van der Waals surface area contributed by atoms with Crippen LogP contribution in [-0.4, -0.2) is 23.1 Å². The van der Waals surface area contributed by atoms with Crippen molar-refractivity contribution in [2.75, 3.05) is 0 Å². The molecule has 10 heterocycles. The molecule has 0 bridgehead atoms. The number of fused-ring (bicyclic) bond motifs is 4. The summed E-state index contributed by atoms with van der Waals surface area (Å²) in [4.78, 5) is 79.1. The maximum Gasteiger partial charge on any atom is 0.197 e. The van der Waals surface area contributed by atoms with Crippen LogP contribution >= 0.6 is 113 Å². The fourth-order valence-corrected chi connectivity index (χ4v) is 30.0. The third-order valence-corrected chi connectivity index (χ3v) is 36.3. The fraction of sp³-hybridized carbons (Fsp3) is 0.392. The molecule has 13 aromatic rings. The molecule has 602 valence electrons. The van der Waals surface area contributed by atoms with E-state index < -0.39 is 0 Å². The summed E-state index contributed by atoms with van der Waals surface area (Å²) < 4.78 is 2.80. The number of aryl methyl sites for hydroxylation is 6. The molecule has 0 fully saturated rings. The number of rotatable bonds is 40. The van der Waals surface area contributed by atoms with Gasteiger partial charge in [-0.25, -0.2) is 0 Å². The number of hydrogen-bond acceptors (Lipinski definition) is 14. The van der Waals surface area contributed by atoms with Gasteiger partial charge in [-0.1, -0.05) is 208 Å². The predicted molar refractivity (Wildman–Crippen MR) is 516 cm³/mol. The van der Waals surface area contributed by atoms with E-state index in [2.05, 4.69) is 187 Å². The van der Waals surface area contributed by atoms with Crippen LogP contribution in [0.3, 0.4) is 0 Å². The zero-order valence-corrected chi connectivity index (χ0v) is 77.5. The first kappa shape index (κ1) is 84.4. The lowest BCUT2D eigenvalue weighted by Gasteiger charge is -2.13. The van der Waals surface area contributed by atoms with Gasteiger partial charge in [0.05, 0.1) is 11.1 Å². The van der Waals surface area contributed by atoms with Gasteiger partial charge in [0.2, 0.25) is 0 Å². The van der Waals surface area contributed by atoms with Gasteiger partial charge in [0.15, 0.2) is 23.1 Å². The number of ketones is 4. The molecular weight excluding hydrogens is 1610 g/mol. The number of carbonyl (C=O) groups is 4. The normalized spacial score (nSPS) is 13.5. The summed E-state index contributed by atoms with van der Waals surface area (Å²) in [6, 6.07) is 44.6. The highest BCUT2D eigenvalue weighted by Crippen LogP contribution is 2.59. The largest absolute Gasteiger partial charge is 0.288 e. The van der Waals surface area contributed by atoms with E-state index in [1.165, 1.54) is 194 Å². The molecule has 116 heavy (non-hydrogen) atoms. The van der Waals surface area contributed by atoms with Crippen LogP contribution in [0.2, 0.25) is 0 Å². The Morgan fingerprint density at radius 2 is 0.560 bits per heavy atom. The van der Waals surface area contributed by atoms with Crippen LogP contribution in [0.5, 0.6) is 0 Å². The smallest absolute Gasteiger partial charge is 0.197 e. The van der Waals surface area contributed by atoms with E-state index in [9.17, 15) is 19.2 Å². The maximum absolute atomic E-state index is 13.8. The molecule has 0 radical (unpaired) electrons. The molecule has 2 aliphatic rings. The van der Waals surface area contributed by atoms with E-state index in [0.717, 1.165) is 138 Å². The minimum atomic E-state index is -0.173. The van der Waals surface area contributed by atoms with Crippen molar-refractivity contribution in [2.45, 2.75) is 249 Å². The van der Waals surface area contributed by atoms with Crippen LogP contribution in [-0.2, 0) is 51.4 Å². The van der Waals surface area contributed by atoms with Crippen LogP contribution in [0.1, 0.15) is 292 Å². The van der Waals surface area contributed by atoms with Crippen molar-refractivity contribution in [3.63, 3.8) is 0 Å². The number of thiophene rings is 10. The Bertz CT molecular complexity index is 5290. The minimum absolute atomic E-state index is 0.173. The van der Waals surface area contributed by atoms with E-state index in [-0.39, 0.29) is 34.3 Å². The third kappa shape index (κ3) is 17.8. The van der Waals surface area contributed by atoms with Gasteiger partial charge in [0.25, 0.3) is 0 Å². The lowest BCUT2D eigenvalue weighted by molar-refractivity contribution is 0.0975. The molecule has 4 nitrogen and oxygen atoms in total. The zero-order valence-electron chi connectivity index (χ0n) is 69.4. The molecule has 0 saturated heterocycles. The summed E-state index contributed by atoms with van der Waals surface area (Å²) >= 11 is 19.7. The van der Waals surface area contributed by atoms with Crippen molar-refractivity contribution < 1.29 is 19.2 Å². The van der Waals surface area contributed by atoms with Crippen LogP contribution < -0.4 is 0 Å². The SMILES string of the molecule is CCCCc1cc(C=C2C(=O)c3ccccc3C2=O)sc1-c1cc(CCCC)c(-c2cc(CCCC)c(-c3cc4c(-c5ccc(CC(CC)CCCC)s5)c5sc(-c6sc(-c7sc(-c8sc(C=C9C(=O)c%10ccccc%10C9=O)cc8CCCC)cc7CCCC)cc6CCCC)cc5c(-c5ccc(CC(CC)CCCC)s5)c4s3)s2)s1. The number of benzene rings is 3. The molecule has 2 atom stereocenters. The summed E-state index contributed by atoms with van der Waals surface area (Å²) in [7, 11) is 0. The first-order chi connectivity index (χ1) is 56.7. The Balaban J connectivity index is 0.898. The molecule has 0 spiro atoms. The standard InChI is InChI=1S/C102H110O4S10/c1-11-21-33-61(19-9)49-69-45-47-81(107-69)89-77-59-87(99-67(39-27-17-7)55-85(113-99)97-65(37-25-15-5)53-83(111-97)95-63(35-23-13-3)51-71(109-95)57-79-91(103)73-41-29-30-42-74(73)92(79)104)116-102(77)90(82-48-46-70(108-82)50-62(20-10)34-22-12-2)78-60-88(115-101(78)89)100-68(40-28-18-8)56-86(114-100)98-66(38-26-16-6)54-84(112-98)96-64(36-24-14-4)52-72(110-96)58-80-93(105)75-43-31-32-44-76(75)94(80)106/h29-32,41-48,51-62H,11-28,33-40,49-50H2,1-10H3. The van der Waals surface area contributed by atoms with Crippen LogP contribution in [0.4, 0.5) is 0 Å². The van der Waals surface area contributed by atoms with Gasteiger partial charge in [-0.3, -0.25) is 19.2 Å². The Morgan fingerprint density at radius 3 is 0.845 bits per heavy atom. The van der Waals surface area contributed by atoms with E-state index in [4.69, 9.17) is 0 Å². The second-order valence-corrected chi connectivity index (χ2v) is 43.1. The third-order valence-electron chi connectivity index (χ3n) is 23.8. The van der Waals surface area contributed by atoms with Gasteiger partial charge in [-0.15, -0.1) is 113 Å². The second-order valence-electron chi connectivity index (χ2n) is 32.2. The molecule has 2 unspecified atom stereocenters. The van der Waals surface area contributed by atoms with Crippen molar-refractivity contribution in [2.24, 2.45) is 11.8 Å². The Hall–Kier alpha value is -6.66. The van der Waals surface area contributed by atoms with E-state index in [1.54, 1.807) is 46.9 Å². The summed E-state index contributed by atoms with van der Waals surface area (Å²) in [5, 5.41) is 2.76. The van der Waals surface area contributed by atoms with Gasteiger partial charge in [0, 0.05) is 141 Å². The van der Waals surface area contributed by atoms with E-state index in [0.29, 0.717) is 34.1 Å². The molecule has 2 aliphatic carbocycles. The monoisotopic (exact) mass is 1720 g/mol. The number of Topliss-reactive ketones (excluding diaryl/α,β-unsaturated/α-hetero) is 4. The average molecular weight is 1720 g/mol. The summed E-state index contributed by atoms with van der Waals surface area (Å²) in [5.41, 5.74) is 13.7. The van der Waals surface area contributed by atoms with Crippen LogP contribution in [0.25, 0.3) is 112 Å². The number of carbonyl (C=O) groups excluding carboxylic acids is 4. The molecule has 0 amide bonds. The van der Waals surface area contributed by atoms with Crippen LogP contribution in [0, 0.1) is 11.8 Å². The topological polar surface area (TPSA) is 68.3 Å². The van der Waals surface area contributed by atoms with E-state index >= 15 is 0 Å². The number of allylic oxidation sites excluding steroid dienone is 2. The van der Waals surface area contributed by atoms with Gasteiger partial charge in [-0.2, -0.15) is 0 Å². The minimum Gasteiger partial charge on any atom is -0.288 e. The highest BCUT2D eigenvalue weighted by molar-refractivity contribution is 7.32. The molecule has 3 aromatic carbocycles. The zero-order chi connectivity index (χ0) is 80.7. The quantitative estimate of drug-likeness (QED) is 0.0283. The van der Waals surface area contributed by atoms with Crippen LogP contribution in [0.15, 0.2) is 132 Å². The molecule has 0 aliphatic heterocycles. The van der Waals surface area contributed by atoms with Crippen molar-refractivity contribution in [1.82, 2.24) is 0 Å². The van der Waals surface area contributed by atoms with Crippen molar-refractivity contribution >= 4 is 169 Å². The number of unbranched alkanes of at least 4 members (excludes halogenated alkanes) is 8. The highest BCUT2D eigenvalue weighted by atomic mass is 32.1. The number of hydrogen-bond donors (Lipinski definition) is 0. The Morgan fingerprint density at radius 1 is 0.284 bits per heavy atom. The molecule has 14 heteroatoms. The molecule has 0 N–H and O–H groups in total. The fourth-order valence-electron chi connectivity index (χ4n) is 17.0. The summed E-state index contributed by atoms with van der Waals surface area (Å²) in [6.45, 7) is 23.3. The van der Waals surface area contributed by atoms with Crippen molar-refractivity contribution in [3.05, 3.63) is 208 Å². The van der Waals surface area contributed by atoms with Gasteiger partial charge >= 0.3 is 0 Å². The summed E-state index contributed by atoms with van der Waals surface area (Å²) in [6.07, 6.45) is 35.0. The molecular formula is C102H110O4S10. The highest BCUT2D eigenvalue weighted by Gasteiger charge is 2.36.